The van der Waals surface area contributed by atoms with Gasteiger partial charge in [-0.15, -0.1) is 10.2 Å². The Hall–Kier alpha value is -3.85. The van der Waals surface area contributed by atoms with Crippen molar-refractivity contribution in [2.45, 2.75) is 18.2 Å². The zero-order valence-electron chi connectivity index (χ0n) is 18.6. The van der Waals surface area contributed by atoms with E-state index >= 15 is 0 Å². The van der Waals surface area contributed by atoms with Gasteiger partial charge in [0.05, 0.1) is 12.9 Å². The number of carbonyl (C=O) groups is 1. The minimum atomic E-state index is -0.474. The summed E-state index contributed by atoms with van der Waals surface area (Å²) in [6.07, 6.45) is -0.474. The highest BCUT2D eigenvalue weighted by Gasteiger charge is 2.21. The number of ether oxygens (including phenoxy) is 2. The van der Waals surface area contributed by atoms with Gasteiger partial charge in [0.15, 0.2) is 17.1 Å². The van der Waals surface area contributed by atoms with Crippen LogP contribution in [0.3, 0.4) is 0 Å². The minimum Gasteiger partial charge on any atom is -0.497 e. The number of aromatic nitrogens is 3. The molecule has 0 saturated carbocycles. The number of anilines is 1. The third kappa shape index (κ3) is 5.74. The number of methoxy groups -OCH3 is 1. The van der Waals surface area contributed by atoms with E-state index in [1.54, 1.807) is 31.4 Å². The standard InChI is InChI=1S/C25H23FN4O3S/c1-17(33-21-13-11-18(26)12-14-21)24-28-29-25(30(24)20-8-4-3-5-9-20)34-16-23(31)27-19-7-6-10-22(15-19)32-2/h3-15,17H,16H2,1-2H3,(H,27,31). The smallest absolute Gasteiger partial charge is 0.234 e. The predicted molar refractivity (Wildman–Crippen MR) is 129 cm³/mol. The summed E-state index contributed by atoms with van der Waals surface area (Å²) in [6, 6.07) is 22.6. The third-order valence-corrected chi connectivity index (χ3v) is 5.78. The molecule has 4 rings (SSSR count). The Kier molecular flexibility index (Phi) is 7.44. The molecule has 4 aromatic rings. The summed E-state index contributed by atoms with van der Waals surface area (Å²) < 4.78 is 26.3. The number of benzene rings is 3. The molecule has 0 bridgehead atoms. The Labute approximate surface area is 200 Å². The van der Waals surface area contributed by atoms with Gasteiger partial charge in [-0.25, -0.2) is 4.39 Å². The van der Waals surface area contributed by atoms with Crippen molar-refractivity contribution >= 4 is 23.4 Å². The number of amides is 1. The molecular formula is C25H23FN4O3S. The van der Waals surface area contributed by atoms with Crippen LogP contribution < -0.4 is 14.8 Å². The summed E-state index contributed by atoms with van der Waals surface area (Å²) in [6.45, 7) is 1.84. The summed E-state index contributed by atoms with van der Waals surface area (Å²) in [5.74, 6) is 1.36. The Balaban J connectivity index is 1.52. The Bertz CT molecular complexity index is 1250. The van der Waals surface area contributed by atoms with Crippen molar-refractivity contribution in [2.24, 2.45) is 0 Å². The third-order valence-electron chi connectivity index (χ3n) is 4.85. The fourth-order valence-electron chi connectivity index (χ4n) is 3.26. The summed E-state index contributed by atoms with van der Waals surface area (Å²) in [7, 11) is 1.57. The van der Waals surface area contributed by atoms with Crippen molar-refractivity contribution in [3.8, 4) is 17.2 Å². The maximum absolute atomic E-state index is 13.2. The number of para-hydroxylation sites is 1. The molecule has 0 radical (unpaired) electrons. The van der Waals surface area contributed by atoms with E-state index in [2.05, 4.69) is 15.5 Å². The van der Waals surface area contributed by atoms with E-state index in [0.717, 1.165) is 5.69 Å². The molecule has 7 nitrogen and oxygen atoms in total. The number of rotatable bonds is 9. The van der Waals surface area contributed by atoms with Crippen molar-refractivity contribution in [1.82, 2.24) is 14.8 Å². The number of nitrogens with one attached hydrogen (secondary N) is 1. The number of hydrogen-bond acceptors (Lipinski definition) is 6. The zero-order valence-corrected chi connectivity index (χ0v) is 19.5. The highest BCUT2D eigenvalue weighted by molar-refractivity contribution is 7.99. The summed E-state index contributed by atoms with van der Waals surface area (Å²) in [4.78, 5) is 12.6. The summed E-state index contributed by atoms with van der Waals surface area (Å²) in [5.41, 5.74) is 1.49. The predicted octanol–water partition coefficient (Wildman–Crippen LogP) is 5.29. The second kappa shape index (κ2) is 10.8. The molecule has 1 heterocycles. The van der Waals surface area contributed by atoms with Crippen molar-refractivity contribution in [1.29, 1.82) is 0 Å². The van der Waals surface area contributed by atoms with Gasteiger partial charge in [-0.3, -0.25) is 9.36 Å². The van der Waals surface area contributed by atoms with Gasteiger partial charge in [0.25, 0.3) is 0 Å². The van der Waals surface area contributed by atoms with Gasteiger partial charge in [-0.05, 0) is 55.5 Å². The van der Waals surface area contributed by atoms with Crippen LogP contribution in [0.15, 0.2) is 84.0 Å². The van der Waals surface area contributed by atoms with Crippen molar-refractivity contribution < 1.29 is 18.7 Å². The molecule has 0 aliphatic heterocycles. The van der Waals surface area contributed by atoms with Gasteiger partial charge in [-0.2, -0.15) is 0 Å². The monoisotopic (exact) mass is 478 g/mol. The number of carbonyl (C=O) groups excluding carboxylic acids is 1. The van der Waals surface area contributed by atoms with E-state index in [1.807, 2.05) is 54.0 Å². The summed E-state index contributed by atoms with van der Waals surface area (Å²) >= 11 is 1.27. The highest BCUT2D eigenvalue weighted by atomic mass is 32.2. The molecule has 1 aromatic heterocycles. The van der Waals surface area contributed by atoms with Crippen LogP contribution >= 0.6 is 11.8 Å². The lowest BCUT2D eigenvalue weighted by molar-refractivity contribution is -0.113. The Morgan fingerprint density at radius 2 is 1.79 bits per heavy atom. The van der Waals surface area contributed by atoms with Crippen LogP contribution in [0, 0.1) is 5.82 Å². The first-order valence-electron chi connectivity index (χ1n) is 10.5. The van der Waals surface area contributed by atoms with Crippen LogP contribution in [0.5, 0.6) is 11.5 Å². The lowest BCUT2D eigenvalue weighted by Crippen LogP contribution is -2.15. The van der Waals surface area contributed by atoms with Crippen LogP contribution in [-0.2, 0) is 4.79 Å². The van der Waals surface area contributed by atoms with Crippen LogP contribution in [0.25, 0.3) is 5.69 Å². The number of nitrogens with zero attached hydrogens (tertiary/aromatic N) is 3. The minimum absolute atomic E-state index is 0.134. The SMILES string of the molecule is COc1cccc(NC(=O)CSc2nnc(C(C)Oc3ccc(F)cc3)n2-c2ccccc2)c1. The van der Waals surface area contributed by atoms with Gasteiger partial charge in [0.2, 0.25) is 5.91 Å². The first-order chi connectivity index (χ1) is 16.5. The van der Waals surface area contributed by atoms with E-state index in [0.29, 0.717) is 28.2 Å². The molecule has 0 aliphatic rings. The molecule has 34 heavy (non-hydrogen) atoms. The van der Waals surface area contributed by atoms with Gasteiger partial charge in [0, 0.05) is 17.4 Å². The van der Waals surface area contributed by atoms with Crippen LogP contribution in [0.1, 0.15) is 18.9 Å². The maximum Gasteiger partial charge on any atom is 0.234 e. The molecule has 3 aromatic carbocycles. The Morgan fingerprint density at radius 1 is 1.03 bits per heavy atom. The van der Waals surface area contributed by atoms with E-state index in [-0.39, 0.29) is 17.5 Å². The first-order valence-corrected chi connectivity index (χ1v) is 11.5. The van der Waals surface area contributed by atoms with E-state index in [4.69, 9.17) is 9.47 Å². The molecule has 0 saturated heterocycles. The van der Waals surface area contributed by atoms with Crippen molar-refractivity contribution in [3.05, 3.63) is 90.5 Å². The number of hydrogen-bond donors (Lipinski definition) is 1. The molecule has 174 valence electrons. The van der Waals surface area contributed by atoms with E-state index < -0.39 is 6.10 Å². The zero-order chi connectivity index (χ0) is 23.9. The molecule has 1 unspecified atom stereocenters. The van der Waals surface area contributed by atoms with Gasteiger partial charge >= 0.3 is 0 Å². The number of thioether (sulfide) groups is 1. The average Bonchev–Trinajstić information content (AvgIpc) is 3.29. The molecule has 0 spiro atoms. The van der Waals surface area contributed by atoms with Gasteiger partial charge in [0.1, 0.15) is 17.3 Å². The lowest BCUT2D eigenvalue weighted by atomic mass is 10.3. The molecule has 0 aliphatic carbocycles. The number of halogens is 1. The van der Waals surface area contributed by atoms with Crippen LogP contribution in [-0.4, -0.2) is 33.5 Å². The quantitative estimate of drug-likeness (QED) is 0.330. The molecule has 0 fully saturated rings. The van der Waals surface area contributed by atoms with E-state index in [1.165, 1.54) is 23.9 Å². The van der Waals surface area contributed by atoms with Gasteiger partial charge in [-0.1, -0.05) is 36.0 Å². The second-order valence-electron chi connectivity index (χ2n) is 7.29. The molecule has 1 amide bonds. The van der Waals surface area contributed by atoms with Crippen LogP contribution in [0.2, 0.25) is 0 Å². The first kappa shape index (κ1) is 23.3. The largest absolute Gasteiger partial charge is 0.497 e. The molecule has 1 atom stereocenters. The summed E-state index contributed by atoms with van der Waals surface area (Å²) in [5, 5.41) is 12.1. The molecule has 9 heteroatoms. The average molecular weight is 479 g/mol. The topological polar surface area (TPSA) is 78.3 Å². The fraction of sp³-hybridized carbons (Fsp3) is 0.160. The van der Waals surface area contributed by atoms with Crippen molar-refractivity contribution in [3.63, 3.8) is 0 Å². The van der Waals surface area contributed by atoms with E-state index in [9.17, 15) is 9.18 Å². The second-order valence-corrected chi connectivity index (χ2v) is 8.24. The highest BCUT2D eigenvalue weighted by Crippen LogP contribution is 2.28. The van der Waals surface area contributed by atoms with Gasteiger partial charge < -0.3 is 14.8 Å². The normalized spacial score (nSPS) is 11.6. The molecular weight excluding hydrogens is 455 g/mol. The van der Waals surface area contributed by atoms with Crippen molar-refractivity contribution in [2.75, 3.05) is 18.2 Å². The lowest BCUT2D eigenvalue weighted by Gasteiger charge is -2.16. The fourth-order valence-corrected chi connectivity index (χ4v) is 4.01. The Morgan fingerprint density at radius 3 is 2.53 bits per heavy atom. The maximum atomic E-state index is 13.2. The molecule has 1 N–H and O–H groups in total. The van der Waals surface area contributed by atoms with Crippen LogP contribution in [0.4, 0.5) is 10.1 Å².